The predicted molar refractivity (Wildman–Crippen MR) is 76.0 cm³/mol. The van der Waals surface area contributed by atoms with E-state index in [0.717, 1.165) is 18.8 Å². The van der Waals surface area contributed by atoms with Crippen LogP contribution >= 0.6 is 11.6 Å². The quantitative estimate of drug-likeness (QED) is 0.577. The molecule has 19 heavy (non-hydrogen) atoms. The summed E-state index contributed by atoms with van der Waals surface area (Å²) >= 11 is 5.55. The molecule has 0 unspecified atom stereocenters. The molecule has 0 aromatic heterocycles. The van der Waals surface area contributed by atoms with Gasteiger partial charge in [0, 0.05) is 6.07 Å². The Morgan fingerprint density at radius 2 is 2.05 bits per heavy atom. The van der Waals surface area contributed by atoms with E-state index in [1.165, 1.54) is 25.0 Å². The Bertz CT molecular complexity index is 481. The fourth-order valence-electron chi connectivity index (χ4n) is 2.35. The van der Waals surface area contributed by atoms with Crippen LogP contribution in [0.2, 0.25) is 0 Å². The van der Waals surface area contributed by atoms with Crippen LogP contribution in [0.5, 0.6) is 5.75 Å². The summed E-state index contributed by atoms with van der Waals surface area (Å²) in [4.78, 5) is 0. The lowest BCUT2D eigenvalue weighted by Crippen LogP contribution is -2.23. The lowest BCUT2D eigenvalue weighted by atomic mass is 9.89. The number of hydrogen-bond donors (Lipinski definition) is 0. The van der Waals surface area contributed by atoms with E-state index in [-0.39, 0.29) is 17.8 Å². The number of hydrogen-bond acceptors (Lipinski definition) is 1. The maximum absolute atomic E-state index is 13.3. The Balaban J connectivity index is 2.11. The van der Waals surface area contributed by atoms with E-state index in [1.54, 1.807) is 6.07 Å². The second-order valence-electron chi connectivity index (χ2n) is 5.08. The van der Waals surface area contributed by atoms with E-state index >= 15 is 0 Å². The molecule has 0 aliphatic heterocycles. The third-order valence-electron chi connectivity index (χ3n) is 3.49. The van der Waals surface area contributed by atoms with Gasteiger partial charge in [-0.25, -0.2) is 4.39 Å². The Morgan fingerprint density at radius 1 is 1.32 bits per heavy atom. The summed E-state index contributed by atoms with van der Waals surface area (Å²) in [6.07, 6.45) is 4.57. The van der Waals surface area contributed by atoms with Gasteiger partial charge in [0.15, 0.2) is 0 Å². The Hall–Kier alpha value is -1.20. The first-order chi connectivity index (χ1) is 9.19. The SMILES string of the molecule is CC1CCC(Oc2cc(F)ccc2C#CCCl)CC1. The molecule has 0 atom stereocenters. The molecule has 1 saturated carbocycles. The van der Waals surface area contributed by atoms with Crippen LogP contribution in [0, 0.1) is 23.6 Å². The first kappa shape index (κ1) is 14.2. The van der Waals surface area contributed by atoms with Crippen LogP contribution in [0.1, 0.15) is 38.2 Å². The number of alkyl halides is 1. The summed E-state index contributed by atoms with van der Waals surface area (Å²) in [5.74, 6) is 6.97. The first-order valence-electron chi connectivity index (χ1n) is 6.70. The van der Waals surface area contributed by atoms with Gasteiger partial charge >= 0.3 is 0 Å². The number of ether oxygens (including phenoxy) is 1. The van der Waals surface area contributed by atoms with Crippen molar-refractivity contribution < 1.29 is 9.13 Å². The monoisotopic (exact) mass is 280 g/mol. The van der Waals surface area contributed by atoms with Gasteiger partial charge in [-0.15, -0.1) is 11.6 Å². The van der Waals surface area contributed by atoms with Gasteiger partial charge in [0.05, 0.1) is 17.5 Å². The molecule has 0 bridgehead atoms. The van der Waals surface area contributed by atoms with Crippen LogP contribution in [0.15, 0.2) is 18.2 Å². The van der Waals surface area contributed by atoms with Crippen molar-refractivity contribution in [3.63, 3.8) is 0 Å². The van der Waals surface area contributed by atoms with Crippen molar-refractivity contribution in [1.29, 1.82) is 0 Å². The highest BCUT2D eigenvalue weighted by Gasteiger charge is 2.20. The topological polar surface area (TPSA) is 9.23 Å². The van der Waals surface area contributed by atoms with Gasteiger partial charge < -0.3 is 4.74 Å². The van der Waals surface area contributed by atoms with Gasteiger partial charge in [-0.2, -0.15) is 0 Å². The molecule has 1 aromatic carbocycles. The molecule has 1 aliphatic carbocycles. The van der Waals surface area contributed by atoms with Crippen LogP contribution < -0.4 is 4.74 Å². The van der Waals surface area contributed by atoms with E-state index in [2.05, 4.69) is 18.8 Å². The smallest absolute Gasteiger partial charge is 0.138 e. The lowest BCUT2D eigenvalue weighted by molar-refractivity contribution is 0.135. The van der Waals surface area contributed by atoms with Crippen LogP contribution in [0.25, 0.3) is 0 Å². The zero-order chi connectivity index (χ0) is 13.7. The molecular formula is C16H18ClFO. The summed E-state index contributed by atoms with van der Waals surface area (Å²) in [5.41, 5.74) is 0.709. The number of halogens is 2. The largest absolute Gasteiger partial charge is 0.489 e. The average molecular weight is 281 g/mol. The van der Waals surface area contributed by atoms with Gasteiger partial charge in [0.1, 0.15) is 11.6 Å². The molecule has 1 nitrogen and oxygen atoms in total. The van der Waals surface area contributed by atoms with Crippen molar-refractivity contribution in [3.8, 4) is 17.6 Å². The van der Waals surface area contributed by atoms with Crippen molar-refractivity contribution in [1.82, 2.24) is 0 Å². The predicted octanol–water partition coefficient (Wildman–Crippen LogP) is 4.37. The third-order valence-corrected chi connectivity index (χ3v) is 3.62. The molecule has 1 aliphatic rings. The van der Waals surface area contributed by atoms with Crippen LogP contribution in [-0.2, 0) is 0 Å². The molecule has 1 aromatic rings. The molecule has 0 heterocycles. The molecule has 0 spiro atoms. The normalized spacial score (nSPS) is 22.5. The van der Waals surface area contributed by atoms with E-state index in [0.29, 0.717) is 11.3 Å². The van der Waals surface area contributed by atoms with Crippen molar-refractivity contribution >= 4 is 11.6 Å². The molecule has 0 N–H and O–H groups in total. The fourth-order valence-corrected chi connectivity index (χ4v) is 2.42. The van der Waals surface area contributed by atoms with Gasteiger partial charge in [-0.05, 0) is 43.7 Å². The van der Waals surface area contributed by atoms with Gasteiger partial charge in [0.25, 0.3) is 0 Å². The van der Waals surface area contributed by atoms with E-state index < -0.39 is 0 Å². The molecule has 0 amide bonds. The molecule has 0 radical (unpaired) electrons. The zero-order valence-corrected chi connectivity index (χ0v) is 11.8. The Morgan fingerprint density at radius 3 is 2.74 bits per heavy atom. The van der Waals surface area contributed by atoms with Gasteiger partial charge in [0.2, 0.25) is 0 Å². The van der Waals surface area contributed by atoms with Crippen LogP contribution in [0.4, 0.5) is 4.39 Å². The molecular weight excluding hydrogens is 263 g/mol. The van der Waals surface area contributed by atoms with Crippen molar-refractivity contribution in [2.45, 2.75) is 38.7 Å². The summed E-state index contributed by atoms with van der Waals surface area (Å²) in [7, 11) is 0. The number of rotatable bonds is 2. The molecule has 102 valence electrons. The summed E-state index contributed by atoms with van der Waals surface area (Å²) in [6.45, 7) is 2.26. The minimum Gasteiger partial charge on any atom is -0.489 e. The van der Waals surface area contributed by atoms with Crippen molar-refractivity contribution in [2.75, 3.05) is 5.88 Å². The van der Waals surface area contributed by atoms with Crippen molar-refractivity contribution in [3.05, 3.63) is 29.6 Å². The molecule has 0 saturated heterocycles. The summed E-state index contributed by atoms with van der Waals surface area (Å²) < 4.78 is 19.3. The standard InChI is InChI=1S/C16H18ClFO/c1-12-4-8-15(9-5-12)19-16-11-14(18)7-6-13(16)3-2-10-17/h6-7,11-12,15H,4-5,8-10H2,1H3. The Kier molecular flexibility index (Phi) is 5.10. The summed E-state index contributed by atoms with van der Waals surface area (Å²) in [5, 5.41) is 0. The van der Waals surface area contributed by atoms with Crippen LogP contribution in [-0.4, -0.2) is 12.0 Å². The maximum Gasteiger partial charge on any atom is 0.138 e. The van der Waals surface area contributed by atoms with Gasteiger partial charge in [-0.3, -0.25) is 0 Å². The average Bonchev–Trinajstić information content (AvgIpc) is 2.40. The highest BCUT2D eigenvalue weighted by Crippen LogP contribution is 2.29. The second kappa shape index (κ2) is 6.82. The van der Waals surface area contributed by atoms with Crippen LogP contribution in [0.3, 0.4) is 0 Å². The zero-order valence-electron chi connectivity index (χ0n) is 11.1. The highest BCUT2D eigenvalue weighted by molar-refractivity contribution is 6.19. The molecule has 3 heteroatoms. The maximum atomic E-state index is 13.3. The van der Waals surface area contributed by atoms with Crippen molar-refractivity contribution in [2.24, 2.45) is 5.92 Å². The molecule has 1 fully saturated rings. The number of benzene rings is 1. The van der Waals surface area contributed by atoms with E-state index in [4.69, 9.17) is 16.3 Å². The Labute approximate surface area is 119 Å². The van der Waals surface area contributed by atoms with Gasteiger partial charge in [-0.1, -0.05) is 18.8 Å². The van der Waals surface area contributed by atoms with E-state index in [9.17, 15) is 4.39 Å². The fraction of sp³-hybridized carbons (Fsp3) is 0.500. The first-order valence-corrected chi connectivity index (χ1v) is 7.23. The third kappa shape index (κ3) is 4.14. The highest BCUT2D eigenvalue weighted by atomic mass is 35.5. The summed E-state index contributed by atoms with van der Waals surface area (Å²) in [6, 6.07) is 4.46. The minimum absolute atomic E-state index is 0.176. The minimum atomic E-state index is -0.296. The second-order valence-corrected chi connectivity index (χ2v) is 5.34. The molecule has 2 rings (SSSR count). The van der Waals surface area contributed by atoms with E-state index in [1.807, 2.05) is 0 Å². The lowest BCUT2D eigenvalue weighted by Gasteiger charge is -2.27.